The van der Waals surface area contributed by atoms with E-state index in [2.05, 4.69) is 37.9 Å². The molecule has 1 N–H and O–H groups in total. The Morgan fingerprint density at radius 1 is 1.14 bits per heavy atom. The Balaban J connectivity index is 0.00000220. The van der Waals surface area contributed by atoms with Crippen molar-refractivity contribution in [3.05, 3.63) is 0 Å². The summed E-state index contributed by atoms with van der Waals surface area (Å²) in [5.41, 5.74) is 0.377. The van der Waals surface area contributed by atoms with Crippen molar-refractivity contribution in [2.45, 2.75) is 65.8 Å². The van der Waals surface area contributed by atoms with Gasteiger partial charge in [0.2, 0.25) is 5.91 Å². The number of rotatable bonds is 1. The van der Waals surface area contributed by atoms with Gasteiger partial charge >= 0.3 is 0 Å². The normalized spacial score (nSPS) is 31.2. The van der Waals surface area contributed by atoms with Gasteiger partial charge in [-0.15, -0.1) is 12.4 Å². The quantitative estimate of drug-likeness (QED) is 0.803. The lowest BCUT2D eigenvalue weighted by Gasteiger charge is -2.32. The van der Waals surface area contributed by atoms with E-state index < -0.39 is 0 Å². The molecule has 0 spiro atoms. The van der Waals surface area contributed by atoms with E-state index in [-0.39, 0.29) is 18.3 Å². The Bertz CT molecular complexity index is 340. The molecule has 0 radical (unpaired) electrons. The lowest BCUT2D eigenvalue weighted by molar-refractivity contribution is -0.136. The summed E-state index contributed by atoms with van der Waals surface area (Å²) in [4.78, 5) is 14.9. The standard InChI is InChI=1S/C17H32N2O.ClH/c1-13-12-14(7-9-18-13)16(20)19-10-5-6-15(8-11-19)17(2,3)4;/h13-15,18H,5-12H2,1-4H3;1H/t13-,14-,15?;/m0./s1. The van der Waals surface area contributed by atoms with E-state index in [4.69, 9.17) is 0 Å². The van der Waals surface area contributed by atoms with Crippen LogP contribution in [0.4, 0.5) is 0 Å². The molecule has 124 valence electrons. The van der Waals surface area contributed by atoms with Crippen LogP contribution in [0.25, 0.3) is 0 Å². The van der Waals surface area contributed by atoms with Crippen LogP contribution in [-0.4, -0.2) is 36.5 Å². The highest BCUT2D eigenvalue weighted by Crippen LogP contribution is 2.34. The second kappa shape index (κ2) is 7.82. The van der Waals surface area contributed by atoms with Crippen LogP contribution in [0.3, 0.4) is 0 Å². The number of piperidine rings is 1. The lowest BCUT2D eigenvalue weighted by atomic mass is 9.77. The number of nitrogens with one attached hydrogen (secondary N) is 1. The first-order valence-corrected chi connectivity index (χ1v) is 8.40. The Kier molecular flexibility index (Phi) is 6.99. The van der Waals surface area contributed by atoms with E-state index in [9.17, 15) is 4.79 Å². The number of amides is 1. The summed E-state index contributed by atoms with van der Waals surface area (Å²) in [6.45, 7) is 12.1. The van der Waals surface area contributed by atoms with Crippen LogP contribution in [0.15, 0.2) is 0 Å². The lowest BCUT2D eigenvalue weighted by Crippen LogP contribution is -2.44. The Morgan fingerprint density at radius 3 is 2.48 bits per heavy atom. The summed E-state index contributed by atoms with van der Waals surface area (Å²) in [5.74, 6) is 1.44. The number of hydrogen-bond acceptors (Lipinski definition) is 2. The topological polar surface area (TPSA) is 32.3 Å². The van der Waals surface area contributed by atoms with E-state index in [1.807, 2.05) is 0 Å². The first-order chi connectivity index (χ1) is 9.38. The van der Waals surface area contributed by atoms with Crippen molar-refractivity contribution < 1.29 is 4.79 Å². The molecule has 3 nitrogen and oxygen atoms in total. The summed E-state index contributed by atoms with van der Waals surface area (Å²) in [6, 6.07) is 0.493. The minimum atomic E-state index is 0. The molecule has 3 atom stereocenters. The van der Waals surface area contributed by atoms with Crippen LogP contribution in [-0.2, 0) is 4.79 Å². The van der Waals surface area contributed by atoms with Gasteiger partial charge < -0.3 is 10.2 Å². The number of hydrogen-bond donors (Lipinski definition) is 1. The van der Waals surface area contributed by atoms with Gasteiger partial charge in [-0.2, -0.15) is 0 Å². The smallest absolute Gasteiger partial charge is 0.225 e. The van der Waals surface area contributed by atoms with Crippen molar-refractivity contribution in [2.75, 3.05) is 19.6 Å². The molecule has 0 aliphatic carbocycles. The molecule has 21 heavy (non-hydrogen) atoms. The third-order valence-corrected chi connectivity index (χ3v) is 5.24. The molecule has 4 heteroatoms. The predicted octanol–water partition coefficient (Wildman–Crippen LogP) is 3.47. The molecular weight excluding hydrogens is 284 g/mol. The van der Waals surface area contributed by atoms with Crippen LogP contribution in [0.1, 0.15) is 59.8 Å². The van der Waals surface area contributed by atoms with E-state index in [1.165, 1.54) is 19.3 Å². The van der Waals surface area contributed by atoms with Crippen LogP contribution < -0.4 is 5.32 Å². The minimum Gasteiger partial charge on any atom is -0.342 e. The van der Waals surface area contributed by atoms with Gasteiger partial charge in [-0.25, -0.2) is 0 Å². The average Bonchev–Trinajstić information content (AvgIpc) is 2.63. The van der Waals surface area contributed by atoms with Gasteiger partial charge in [-0.05, 0) is 56.9 Å². The van der Waals surface area contributed by atoms with Gasteiger partial charge in [0.05, 0.1) is 0 Å². The second-order valence-corrected chi connectivity index (χ2v) is 7.90. The van der Waals surface area contributed by atoms with Gasteiger partial charge in [-0.3, -0.25) is 4.79 Å². The fourth-order valence-corrected chi connectivity index (χ4v) is 3.80. The van der Waals surface area contributed by atoms with Gasteiger partial charge in [-0.1, -0.05) is 20.8 Å². The number of nitrogens with zero attached hydrogens (tertiary/aromatic N) is 1. The molecule has 2 fully saturated rings. The summed E-state index contributed by atoms with van der Waals surface area (Å²) in [6.07, 6.45) is 5.65. The maximum Gasteiger partial charge on any atom is 0.225 e. The maximum atomic E-state index is 12.7. The monoisotopic (exact) mass is 316 g/mol. The first-order valence-electron chi connectivity index (χ1n) is 8.40. The zero-order valence-electron chi connectivity index (χ0n) is 14.2. The third-order valence-electron chi connectivity index (χ3n) is 5.24. The molecule has 0 aromatic heterocycles. The van der Waals surface area contributed by atoms with Crippen LogP contribution in [0.2, 0.25) is 0 Å². The third kappa shape index (κ3) is 5.14. The van der Waals surface area contributed by atoms with E-state index >= 15 is 0 Å². The fourth-order valence-electron chi connectivity index (χ4n) is 3.80. The minimum absolute atomic E-state index is 0. The molecule has 0 aromatic carbocycles. The van der Waals surface area contributed by atoms with Crippen molar-refractivity contribution in [1.82, 2.24) is 10.2 Å². The predicted molar refractivity (Wildman–Crippen MR) is 90.8 cm³/mol. The highest BCUT2D eigenvalue weighted by Gasteiger charge is 2.32. The van der Waals surface area contributed by atoms with Crippen LogP contribution >= 0.6 is 12.4 Å². The number of halogens is 1. The molecule has 2 rings (SSSR count). The SMILES string of the molecule is C[C@H]1C[C@@H](C(=O)N2CCCC(C(C)(C)C)CC2)CCN1.Cl. The Hall–Kier alpha value is -0.280. The van der Waals surface area contributed by atoms with Gasteiger partial charge in [0.25, 0.3) is 0 Å². The molecule has 2 aliphatic rings. The Morgan fingerprint density at radius 2 is 1.86 bits per heavy atom. The average molecular weight is 317 g/mol. The fraction of sp³-hybridized carbons (Fsp3) is 0.941. The summed E-state index contributed by atoms with van der Waals surface area (Å²) in [7, 11) is 0. The molecule has 1 unspecified atom stereocenters. The van der Waals surface area contributed by atoms with Crippen molar-refractivity contribution in [2.24, 2.45) is 17.3 Å². The largest absolute Gasteiger partial charge is 0.342 e. The summed E-state index contributed by atoms with van der Waals surface area (Å²) in [5, 5.41) is 3.44. The van der Waals surface area contributed by atoms with Crippen LogP contribution in [0.5, 0.6) is 0 Å². The molecule has 2 saturated heterocycles. The van der Waals surface area contributed by atoms with E-state index in [1.54, 1.807) is 0 Å². The molecule has 0 saturated carbocycles. The number of carbonyl (C=O) groups is 1. The molecule has 2 heterocycles. The molecule has 1 amide bonds. The Labute approximate surface area is 136 Å². The molecular formula is C17H33ClN2O. The van der Waals surface area contributed by atoms with E-state index in [0.29, 0.717) is 17.4 Å². The van der Waals surface area contributed by atoms with Crippen molar-refractivity contribution in [3.63, 3.8) is 0 Å². The van der Waals surface area contributed by atoms with Crippen LogP contribution in [0, 0.1) is 17.3 Å². The molecule has 0 aromatic rings. The molecule has 2 aliphatic heterocycles. The van der Waals surface area contributed by atoms with Crippen molar-refractivity contribution >= 4 is 18.3 Å². The second-order valence-electron chi connectivity index (χ2n) is 7.90. The highest BCUT2D eigenvalue weighted by atomic mass is 35.5. The zero-order valence-corrected chi connectivity index (χ0v) is 15.0. The molecule has 0 bridgehead atoms. The van der Waals surface area contributed by atoms with Gasteiger partial charge in [0.15, 0.2) is 0 Å². The summed E-state index contributed by atoms with van der Waals surface area (Å²) < 4.78 is 0. The number of carbonyl (C=O) groups excluding carboxylic acids is 1. The summed E-state index contributed by atoms with van der Waals surface area (Å²) >= 11 is 0. The zero-order chi connectivity index (χ0) is 14.8. The van der Waals surface area contributed by atoms with E-state index in [0.717, 1.165) is 38.4 Å². The van der Waals surface area contributed by atoms with Gasteiger partial charge in [0.1, 0.15) is 0 Å². The number of likely N-dealkylation sites (tertiary alicyclic amines) is 1. The maximum absolute atomic E-state index is 12.7. The van der Waals surface area contributed by atoms with Crippen molar-refractivity contribution in [3.8, 4) is 0 Å². The van der Waals surface area contributed by atoms with Crippen molar-refractivity contribution in [1.29, 1.82) is 0 Å². The first kappa shape index (κ1) is 18.8. The van der Waals surface area contributed by atoms with Gasteiger partial charge in [0, 0.05) is 25.0 Å². The highest BCUT2D eigenvalue weighted by molar-refractivity contribution is 5.85.